The molecule has 3 rings (SSSR count). The van der Waals surface area contributed by atoms with E-state index in [1.807, 2.05) is 17.4 Å². The lowest BCUT2D eigenvalue weighted by molar-refractivity contribution is 0.224. The van der Waals surface area contributed by atoms with Crippen LogP contribution < -0.4 is 10.1 Å². The normalized spacial score (nSPS) is 16.8. The summed E-state index contributed by atoms with van der Waals surface area (Å²) in [6.45, 7) is 7.02. The number of hydrogen-bond acceptors (Lipinski definition) is 4. The summed E-state index contributed by atoms with van der Waals surface area (Å²) in [5.41, 5.74) is 1.29. The fourth-order valence-corrected chi connectivity index (χ4v) is 3.41. The average Bonchev–Trinajstić information content (AvgIpc) is 2.95. The molecule has 1 aromatic carbocycles. The third-order valence-electron chi connectivity index (χ3n) is 3.88. The van der Waals surface area contributed by atoms with Crippen LogP contribution in [0.15, 0.2) is 41.8 Å². The highest BCUT2D eigenvalue weighted by molar-refractivity contribution is 7.10. The Kier molecular flexibility index (Phi) is 4.91. The van der Waals surface area contributed by atoms with E-state index >= 15 is 0 Å². The maximum absolute atomic E-state index is 5.80. The van der Waals surface area contributed by atoms with Crippen LogP contribution in [0.4, 0.5) is 0 Å². The zero-order valence-corrected chi connectivity index (χ0v) is 13.2. The molecule has 21 heavy (non-hydrogen) atoms. The lowest BCUT2D eigenvalue weighted by Gasteiger charge is -2.21. The number of rotatable bonds is 5. The van der Waals surface area contributed by atoms with Crippen molar-refractivity contribution in [3.05, 3.63) is 52.2 Å². The highest BCUT2D eigenvalue weighted by Gasteiger charge is 2.14. The Morgan fingerprint density at radius 1 is 1.29 bits per heavy atom. The first kappa shape index (κ1) is 14.6. The third kappa shape index (κ3) is 3.84. The van der Waals surface area contributed by atoms with Gasteiger partial charge in [0.1, 0.15) is 12.4 Å². The summed E-state index contributed by atoms with van der Waals surface area (Å²) < 4.78 is 5.80. The maximum Gasteiger partial charge on any atom is 0.123 e. The molecule has 3 nitrogen and oxygen atoms in total. The number of benzene rings is 1. The van der Waals surface area contributed by atoms with Crippen LogP contribution >= 0.6 is 11.3 Å². The summed E-state index contributed by atoms with van der Waals surface area (Å²) in [5.74, 6) is 1.04. The van der Waals surface area contributed by atoms with Crippen molar-refractivity contribution in [3.8, 4) is 5.75 Å². The Balaban J connectivity index is 1.50. The van der Waals surface area contributed by atoms with E-state index in [-0.39, 0.29) is 0 Å². The number of thiophene rings is 1. The van der Waals surface area contributed by atoms with Crippen molar-refractivity contribution >= 4 is 11.3 Å². The van der Waals surface area contributed by atoms with Crippen molar-refractivity contribution in [3.63, 3.8) is 0 Å². The van der Waals surface area contributed by atoms with Gasteiger partial charge in [-0.05, 0) is 24.4 Å². The Morgan fingerprint density at radius 3 is 3.05 bits per heavy atom. The van der Waals surface area contributed by atoms with Crippen LogP contribution in [0.25, 0.3) is 0 Å². The topological polar surface area (TPSA) is 24.5 Å². The molecule has 112 valence electrons. The van der Waals surface area contributed by atoms with E-state index in [1.165, 1.54) is 10.4 Å². The second kappa shape index (κ2) is 7.07. The summed E-state index contributed by atoms with van der Waals surface area (Å²) in [4.78, 5) is 3.86. The van der Waals surface area contributed by atoms with Gasteiger partial charge >= 0.3 is 0 Å². The molecule has 1 N–H and O–H groups in total. The van der Waals surface area contributed by atoms with E-state index in [0.29, 0.717) is 6.04 Å². The predicted molar refractivity (Wildman–Crippen MR) is 88.0 cm³/mol. The van der Waals surface area contributed by atoms with Crippen molar-refractivity contribution in [2.75, 3.05) is 26.2 Å². The number of hydrogen-bond donors (Lipinski definition) is 1. The quantitative estimate of drug-likeness (QED) is 0.917. The number of nitrogens with one attached hydrogen (secondary N) is 1. The molecule has 0 saturated heterocycles. The van der Waals surface area contributed by atoms with Gasteiger partial charge in [-0.3, -0.25) is 4.90 Å². The summed E-state index contributed by atoms with van der Waals surface area (Å²) >= 11 is 1.81. The number of nitrogens with zero attached hydrogens (tertiary/aromatic N) is 1. The molecular weight excluding hydrogens is 280 g/mol. The minimum absolute atomic E-state index is 0.431. The molecule has 0 saturated carbocycles. The van der Waals surface area contributed by atoms with Crippen LogP contribution in [0.5, 0.6) is 5.75 Å². The molecule has 1 unspecified atom stereocenters. The first-order chi connectivity index (χ1) is 10.3. The van der Waals surface area contributed by atoms with Gasteiger partial charge in [-0.25, -0.2) is 0 Å². The SMILES string of the molecule is CC(NCCN1CCOc2ccccc2C1)c1cccs1. The molecule has 0 fully saturated rings. The molecule has 2 aromatic rings. The van der Waals surface area contributed by atoms with Gasteiger partial charge in [-0.1, -0.05) is 24.3 Å². The Hall–Kier alpha value is -1.36. The molecule has 2 heterocycles. The summed E-state index contributed by atoms with van der Waals surface area (Å²) in [7, 11) is 0. The summed E-state index contributed by atoms with van der Waals surface area (Å²) in [6.07, 6.45) is 0. The fourth-order valence-electron chi connectivity index (χ4n) is 2.65. The summed E-state index contributed by atoms with van der Waals surface area (Å²) in [6, 6.07) is 13.1. The van der Waals surface area contributed by atoms with Crippen molar-refractivity contribution in [1.82, 2.24) is 10.2 Å². The van der Waals surface area contributed by atoms with Gasteiger partial charge in [0.15, 0.2) is 0 Å². The highest BCUT2D eigenvalue weighted by Crippen LogP contribution is 2.22. The van der Waals surface area contributed by atoms with Crippen LogP contribution in [0, 0.1) is 0 Å². The van der Waals surface area contributed by atoms with Crippen LogP contribution in [-0.4, -0.2) is 31.1 Å². The van der Waals surface area contributed by atoms with Crippen LogP contribution in [-0.2, 0) is 6.54 Å². The van der Waals surface area contributed by atoms with E-state index < -0.39 is 0 Å². The summed E-state index contributed by atoms with van der Waals surface area (Å²) in [5, 5.41) is 5.74. The maximum atomic E-state index is 5.80. The molecule has 1 aliphatic heterocycles. The largest absolute Gasteiger partial charge is 0.492 e. The van der Waals surface area contributed by atoms with E-state index in [9.17, 15) is 0 Å². The second-order valence-electron chi connectivity index (χ2n) is 5.42. The van der Waals surface area contributed by atoms with E-state index in [1.54, 1.807) is 0 Å². The van der Waals surface area contributed by atoms with Crippen LogP contribution in [0.1, 0.15) is 23.4 Å². The van der Waals surface area contributed by atoms with Gasteiger partial charge in [-0.2, -0.15) is 0 Å². The van der Waals surface area contributed by atoms with E-state index in [2.05, 4.69) is 52.9 Å². The van der Waals surface area contributed by atoms with E-state index in [4.69, 9.17) is 4.74 Å². The zero-order chi connectivity index (χ0) is 14.5. The number of fused-ring (bicyclic) bond motifs is 1. The molecule has 4 heteroatoms. The zero-order valence-electron chi connectivity index (χ0n) is 12.4. The molecule has 0 bridgehead atoms. The number of para-hydroxylation sites is 1. The van der Waals surface area contributed by atoms with Crippen molar-refractivity contribution in [2.24, 2.45) is 0 Å². The predicted octanol–water partition coefficient (Wildman–Crippen LogP) is 3.29. The monoisotopic (exact) mass is 302 g/mol. The molecular formula is C17H22N2OS. The fraction of sp³-hybridized carbons (Fsp3) is 0.412. The van der Waals surface area contributed by atoms with Gasteiger partial charge < -0.3 is 10.1 Å². The molecule has 0 amide bonds. The van der Waals surface area contributed by atoms with Crippen LogP contribution in [0.3, 0.4) is 0 Å². The first-order valence-electron chi connectivity index (χ1n) is 7.53. The molecule has 0 aliphatic carbocycles. The van der Waals surface area contributed by atoms with Crippen molar-refractivity contribution in [1.29, 1.82) is 0 Å². The van der Waals surface area contributed by atoms with E-state index in [0.717, 1.165) is 38.5 Å². The van der Waals surface area contributed by atoms with Crippen molar-refractivity contribution < 1.29 is 4.74 Å². The Morgan fingerprint density at radius 2 is 2.19 bits per heavy atom. The standard InChI is InChI=1S/C17H22N2OS/c1-14(17-7-4-12-21-17)18-8-9-19-10-11-20-16-6-3-2-5-15(16)13-19/h2-7,12,14,18H,8-11,13H2,1H3. The minimum atomic E-state index is 0.431. The third-order valence-corrected chi connectivity index (χ3v) is 4.94. The average molecular weight is 302 g/mol. The Bertz CT molecular complexity index is 556. The number of ether oxygens (including phenoxy) is 1. The molecule has 1 atom stereocenters. The van der Waals surface area contributed by atoms with Gasteiger partial charge in [0.05, 0.1) is 0 Å². The molecule has 0 spiro atoms. The van der Waals surface area contributed by atoms with Crippen LogP contribution in [0.2, 0.25) is 0 Å². The molecule has 1 aliphatic rings. The minimum Gasteiger partial charge on any atom is -0.492 e. The van der Waals surface area contributed by atoms with Gasteiger partial charge in [0.2, 0.25) is 0 Å². The smallest absolute Gasteiger partial charge is 0.123 e. The molecule has 0 radical (unpaired) electrons. The van der Waals surface area contributed by atoms with Gasteiger partial charge in [0, 0.05) is 42.7 Å². The van der Waals surface area contributed by atoms with Gasteiger partial charge in [0.25, 0.3) is 0 Å². The van der Waals surface area contributed by atoms with Gasteiger partial charge in [-0.15, -0.1) is 11.3 Å². The molecule has 1 aromatic heterocycles. The first-order valence-corrected chi connectivity index (χ1v) is 8.41. The van der Waals surface area contributed by atoms with Crippen molar-refractivity contribution in [2.45, 2.75) is 19.5 Å². The highest BCUT2D eigenvalue weighted by atomic mass is 32.1. The second-order valence-corrected chi connectivity index (χ2v) is 6.40. The Labute approximate surface area is 130 Å². The lowest BCUT2D eigenvalue weighted by Crippen LogP contribution is -2.34. The lowest BCUT2D eigenvalue weighted by atomic mass is 10.2.